The summed E-state index contributed by atoms with van der Waals surface area (Å²) in [5.41, 5.74) is 0.165. The van der Waals surface area contributed by atoms with Crippen molar-refractivity contribution in [1.29, 1.82) is 0 Å². The quantitative estimate of drug-likeness (QED) is 0.279. The van der Waals surface area contributed by atoms with Gasteiger partial charge in [0.15, 0.2) is 17.4 Å². The molecule has 35 heavy (non-hydrogen) atoms. The number of hydrogen-bond acceptors (Lipinski definition) is 8. The van der Waals surface area contributed by atoms with Crippen LogP contribution in [0, 0.1) is 5.82 Å². The molecule has 0 saturated heterocycles. The molecule has 3 rings (SSSR count). The molecule has 0 aliphatic carbocycles. The number of halogens is 2. The molecular weight excluding hydrogens is 519 g/mol. The molecule has 0 radical (unpaired) electrons. The Morgan fingerprint density at radius 2 is 1.94 bits per heavy atom. The summed E-state index contributed by atoms with van der Waals surface area (Å²) in [5, 5.41) is 10.9. The van der Waals surface area contributed by atoms with Gasteiger partial charge in [-0.1, -0.05) is 49.3 Å². The van der Waals surface area contributed by atoms with Gasteiger partial charge in [0, 0.05) is 13.1 Å². The van der Waals surface area contributed by atoms with Gasteiger partial charge in [-0.05, 0) is 30.3 Å². The standard InChI is InChI=1S/C21H24ClFN6O4S2/c1-3-28(4-2)35(31,32)14-9-10-15(22)17(11-14)25-20(30)13-34-21-27-26-19(29(21)24)12-33-18-8-6-5-7-16(18)23/h5-11H,3-4,12-13,24H2,1-2H3,(H,25,30). The second-order valence-corrected chi connectivity index (χ2v) is 10.3. The minimum absolute atomic E-state index is 0.0229. The first-order valence-corrected chi connectivity index (χ1v) is 13.3. The molecule has 0 atom stereocenters. The molecule has 0 saturated carbocycles. The van der Waals surface area contributed by atoms with E-state index < -0.39 is 21.7 Å². The fraction of sp³-hybridized carbons (Fsp3) is 0.286. The van der Waals surface area contributed by atoms with E-state index >= 15 is 0 Å². The van der Waals surface area contributed by atoms with Gasteiger partial charge >= 0.3 is 0 Å². The van der Waals surface area contributed by atoms with Crippen LogP contribution in [0.1, 0.15) is 19.7 Å². The maximum atomic E-state index is 13.7. The zero-order chi connectivity index (χ0) is 25.6. The van der Waals surface area contributed by atoms with E-state index in [1.807, 2.05) is 0 Å². The van der Waals surface area contributed by atoms with E-state index in [9.17, 15) is 17.6 Å². The minimum atomic E-state index is -3.72. The van der Waals surface area contributed by atoms with Gasteiger partial charge in [-0.25, -0.2) is 17.5 Å². The second kappa shape index (κ2) is 11.7. The summed E-state index contributed by atoms with van der Waals surface area (Å²) in [6.45, 7) is 3.98. The van der Waals surface area contributed by atoms with Crippen LogP contribution < -0.4 is 15.9 Å². The van der Waals surface area contributed by atoms with Crippen molar-refractivity contribution < 1.29 is 22.3 Å². The number of carbonyl (C=O) groups excluding carboxylic acids is 1. The Kier molecular flexibility index (Phi) is 8.94. The molecule has 0 aliphatic heterocycles. The van der Waals surface area contributed by atoms with Gasteiger partial charge in [0.25, 0.3) is 0 Å². The number of nitrogens with zero attached hydrogens (tertiary/aromatic N) is 4. The van der Waals surface area contributed by atoms with Crippen LogP contribution in [0.4, 0.5) is 10.1 Å². The van der Waals surface area contributed by atoms with Crippen molar-refractivity contribution in [2.75, 3.05) is 30.0 Å². The zero-order valence-corrected chi connectivity index (χ0v) is 21.3. The molecular formula is C21H24ClFN6O4S2. The highest BCUT2D eigenvalue weighted by Crippen LogP contribution is 2.27. The molecule has 0 spiro atoms. The van der Waals surface area contributed by atoms with E-state index in [0.29, 0.717) is 13.1 Å². The van der Waals surface area contributed by atoms with Crippen LogP contribution in [0.25, 0.3) is 0 Å². The highest BCUT2D eigenvalue weighted by molar-refractivity contribution is 7.99. The van der Waals surface area contributed by atoms with Crippen LogP contribution in [-0.4, -0.2) is 52.3 Å². The van der Waals surface area contributed by atoms with Gasteiger partial charge < -0.3 is 15.9 Å². The highest BCUT2D eigenvalue weighted by Gasteiger charge is 2.23. The Bertz CT molecular complexity index is 1300. The van der Waals surface area contributed by atoms with E-state index in [1.165, 1.54) is 34.6 Å². The summed E-state index contributed by atoms with van der Waals surface area (Å²) in [4.78, 5) is 12.5. The molecule has 3 N–H and O–H groups in total. The van der Waals surface area contributed by atoms with Crippen molar-refractivity contribution >= 4 is 45.0 Å². The maximum Gasteiger partial charge on any atom is 0.243 e. The number of anilines is 1. The van der Waals surface area contributed by atoms with Gasteiger partial charge in [-0.2, -0.15) is 4.31 Å². The van der Waals surface area contributed by atoms with Crippen LogP contribution in [0.15, 0.2) is 52.5 Å². The molecule has 2 aromatic carbocycles. The van der Waals surface area contributed by atoms with Crippen LogP contribution in [0.2, 0.25) is 5.02 Å². The number of aromatic nitrogens is 3. The molecule has 3 aromatic rings. The van der Waals surface area contributed by atoms with Crippen molar-refractivity contribution in [3.05, 3.63) is 59.1 Å². The number of thioether (sulfide) groups is 1. The van der Waals surface area contributed by atoms with Gasteiger partial charge in [0.05, 0.1) is 21.4 Å². The molecule has 1 aromatic heterocycles. The van der Waals surface area contributed by atoms with E-state index in [-0.39, 0.29) is 44.7 Å². The SMILES string of the molecule is CCN(CC)S(=O)(=O)c1ccc(Cl)c(NC(=O)CSc2nnc(COc3ccccc3F)n2N)c1. The first-order chi connectivity index (χ1) is 16.7. The number of ether oxygens (including phenoxy) is 1. The summed E-state index contributed by atoms with van der Waals surface area (Å²) in [6, 6.07) is 10.0. The van der Waals surface area contributed by atoms with E-state index in [2.05, 4.69) is 15.5 Å². The number of nitrogens with two attached hydrogens (primary N) is 1. The van der Waals surface area contributed by atoms with Crippen molar-refractivity contribution in [1.82, 2.24) is 19.2 Å². The lowest BCUT2D eigenvalue weighted by Crippen LogP contribution is -2.30. The largest absolute Gasteiger partial charge is 0.482 e. The number of nitrogens with one attached hydrogen (secondary N) is 1. The van der Waals surface area contributed by atoms with E-state index in [1.54, 1.807) is 26.0 Å². The molecule has 1 amide bonds. The molecule has 14 heteroatoms. The van der Waals surface area contributed by atoms with Crippen LogP contribution in [-0.2, 0) is 21.4 Å². The Labute approximate surface area is 211 Å². The second-order valence-electron chi connectivity index (χ2n) is 7.06. The summed E-state index contributed by atoms with van der Waals surface area (Å²) in [6.07, 6.45) is 0. The normalized spacial score (nSPS) is 11.6. The predicted molar refractivity (Wildman–Crippen MR) is 132 cm³/mol. The van der Waals surface area contributed by atoms with Crippen molar-refractivity contribution in [3.63, 3.8) is 0 Å². The molecule has 0 bridgehead atoms. The smallest absolute Gasteiger partial charge is 0.243 e. The Hall–Kier alpha value is -2.87. The summed E-state index contributed by atoms with van der Waals surface area (Å²) in [7, 11) is -3.72. The molecule has 0 unspecified atom stereocenters. The van der Waals surface area contributed by atoms with Gasteiger partial charge in [-0.3, -0.25) is 4.79 Å². The van der Waals surface area contributed by atoms with Gasteiger partial charge in [0.2, 0.25) is 21.1 Å². The minimum Gasteiger partial charge on any atom is -0.482 e. The summed E-state index contributed by atoms with van der Waals surface area (Å²) in [5.74, 6) is 5.16. The Balaban J connectivity index is 1.62. The van der Waals surface area contributed by atoms with Gasteiger partial charge in [-0.15, -0.1) is 10.2 Å². The third-order valence-electron chi connectivity index (χ3n) is 4.82. The highest BCUT2D eigenvalue weighted by atomic mass is 35.5. The number of sulfonamides is 1. The fourth-order valence-electron chi connectivity index (χ4n) is 3.00. The number of benzene rings is 2. The number of para-hydroxylation sites is 1. The molecule has 0 fully saturated rings. The fourth-order valence-corrected chi connectivity index (χ4v) is 5.32. The topological polar surface area (TPSA) is 132 Å². The Morgan fingerprint density at radius 3 is 2.63 bits per heavy atom. The lowest BCUT2D eigenvalue weighted by atomic mass is 10.3. The van der Waals surface area contributed by atoms with Crippen molar-refractivity contribution in [2.24, 2.45) is 0 Å². The maximum absolute atomic E-state index is 13.7. The average Bonchev–Trinajstić information content (AvgIpc) is 3.18. The predicted octanol–water partition coefficient (Wildman–Crippen LogP) is 3.12. The first-order valence-electron chi connectivity index (χ1n) is 10.5. The van der Waals surface area contributed by atoms with Crippen LogP contribution in [0.5, 0.6) is 5.75 Å². The molecule has 1 heterocycles. The van der Waals surface area contributed by atoms with E-state index in [0.717, 1.165) is 16.4 Å². The monoisotopic (exact) mass is 542 g/mol. The zero-order valence-electron chi connectivity index (χ0n) is 18.9. The average molecular weight is 543 g/mol. The number of amides is 1. The Morgan fingerprint density at radius 1 is 1.23 bits per heavy atom. The number of rotatable bonds is 11. The molecule has 188 valence electrons. The lowest BCUT2D eigenvalue weighted by Gasteiger charge is -2.19. The summed E-state index contributed by atoms with van der Waals surface area (Å²) >= 11 is 7.16. The van der Waals surface area contributed by atoms with Crippen LogP contribution >= 0.6 is 23.4 Å². The number of nitrogen functional groups attached to an aromatic ring is 1. The third-order valence-corrected chi connectivity index (χ3v) is 8.13. The van der Waals surface area contributed by atoms with E-state index in [4.69, 9.17) is 22.2 Å². The molecule has 10 nitrogen and oxygen atoms in total. The summed E-state index contributed by atoms with van der Waals surface area (Å²) < 4.78 is 47.0. The molecule has 0 aliphatic rings. The third kappa shape index (κ3) is 6.42. The van der Waals surface area contributed by atoms with Crippen molar-refractivity contribution in [2.45, 2.75) is 30.5 Å². The first kappa shape index (κ1) is 26.7. The number of hydrogen-bond donors (Lipinski definition) is 2. The van der Waals surface area contributed by atoms with Crippen LogP contribution in [0.3, 0.4) is 0 Å². The van der Waals surface area contributed by atoms with Gasteiger partial charge in [0.1, 0.15) is 6.61 Å². The number of carbonyl (C=O) groups is 1. The van der Waals surface area contributed by atoms with Crippen molar-refractivity contribution in [3.8, 4) is 5.75 Å². The lowest BCUT2D eigenvalue weighted by molar-refractivity contribution is -0.113.